The van der Waals surface area contributed by atoms with Crippen molar-refractivity contribution in [3.63, 3.8) is 0 Å². The van der Waals surface area contributed by atoms with Crippen LogP contribution in [0.1, 0.15) is 81.4 Å². The molecule has 0 atom stereocenters. The lowest BCUT2D eigenvalue weighted by atomic mass is 9.70. The van der Waals surface area contributed by atoms with Crippen LogP contribution in [0.5, 0.6) is 0 Å². The fraction of sp³-hybridized carbons (Fsp3) is 0.750. The second-order valence-electron chi connectivity index (χ2n) is 6.90. The van der Waals surface area contributed by atoms with Gasteiger partial charge in [0.2, 0.25) is 5.76 Å². The molecule has 0 aromatic carbocycles. The van der Waals surface area contributed by atoms with Crippen molar-refractivity contribution in [2.75, 3.05) is 0 Å². The Morgan fingerprint density at radius 2 is 1.90 bits per heavy atom. The van der Waals surface area contributed by atoms with E-state index in [1.807, 2.05) is 6.92 Å². The van der Waals surface area contributed by atoms with Gasteiger partial charge in [0.25, 0.3) is 0 Å². The molecule has 0 unspecified atom stereocenters. The Morgan fingerprint density at radius 3 is 2.30 bits per heavy atom. The zero-order valence-corrected chi connectivity index (χ0v) is 12.9. The Balaban J connectivity index is 2.09. The van der Waals surface area contributed by atoms with Crippen molar-refractivity contribution in [2.24, 2.45) is 11.3 Å². The summed E-state index contributed by atoms with van der Waals surface area (Å²) in [4.78, 5) is 15.5. The number of carbonyl (C=O) groups is 1. The number of carboxylic acids is 1. The van der Waals surface area contributed by atoms with Gasteiger partial charge in [0.1, 0.15) is 0 Å². The summed E-state index contributed by atoms with van der Waals surface area (Å²) in [5.41, 5.74) is 0.924. The third-order valence-corrected chi connectivity index (χ3v) is 4.54. The van der Waals surface area contributed by atoms with E-state index in [4.69, 9.17) is 9.52 Å². The Hall–Kier alpha value is -1.32. The zero-order chi connectivity index (χ0) is 14.9. The first kappa shape index (κ1) is 15.1. The van der Waals surface area contributed by atoms with Crippen LogP contribution in [0.4, 0.5) is 0 Å². The molecular formula is C16H25NO3. The molecule has 1 N–H and O–H groups in total. The van der Waals surface area contributed by atoms with Crippen molar-refractivity contribution in [1.29, 1.82) is 0 Å². The van der Waals surface area contributed by atoms with E-state index in [1.165, 1.54) is 12.8 Å². The highest BCUT2D eigenvalue weighted by molar-refractivity contribution is 5.85. The van der Waals surface area contributed by atoms with Gasteiger partial charge in [-0.2, -0.15) is 0 Å². The van der Waals surface area contributed by atoms with E-state index in [9.17, 15) is 4.79 Å². The van der Waals surface area contributed by atoms with Crippen molar-refractivity contribution < 1.29 is 14.3 Å². The molecule has 0 spiro atoms. The molecule has 0 amide bonds. The largest absolute Gasteiger partial charge is 0.475 e. The molecule has 0 bridgehead atoms. The highest BCUT2D eigenvalue weighted by Gasteiger charge is 2.33. The van der Waals surface area contributed by atoms with E-state index >= 15 is 0 Å². The van der Waals surface area contributed by atoms with Crippen molar-refractivity contribution in [3.05, 3.63) is 17.3 Å². The predicted molar refractivity (Wildman–Crippen MR) is 77.0 cm³/mol. The molecule has 0 radical (unpaired) electrons. The van der Waals surface area contributed by atoms with Crippen LogP contribution in [-0.4, -0.2) is 16.1 Å². The molecule has 0 aliphatic heterocycles. The number of aromatic nitrogens is 1. The van der Waals surface area contributed by atoms with Gasteiger partial charge >= 0.3 is 5.97 Å². The summed E-state index contributed by atoms with van der Waals surface area (Å²) in [6.07, 6.45) is 5.03. The average Bonchev–Trinajstić information content (AvgIpc) is 2.82. The quantitative estimate of drug-likeness (QED) is 0.898. The maximum Gasteiger partial charge on any atom is 0.373 e. The van der Waals surface area contributed by atoms with Gasteiger partial charge in [0.05, 0.1) is 5.69 Å². The first-order chi connectivity index (χ1) is 9.32. The third kappa shape index (κ3) is 3.05. The maximum absolute atomic E-state index is 11.1. The lowest BCUT2D eigenvalue weighted by molar-refractivity contribution is 0.0656. The molecule has 2 rings (SSSR count). The molecule has 1 heterocycles. The maximum atomic E-state index is 11.1. The predicted octanol–water partition coefficient (Wildman–Crippen LogP) is 4.26. The van der Waals surface area contributed by atoms with Gasteiger partial charge in [-0.3, -0.25) is 0 Å². The highest BCUT2D eigenvalue weighted by atomic mass is 16.4. The van der Waals surface area contributed by atoms with Crippen molar-refractivity contribution in [2.45, 2.75) is 65.7 Å². The minimum Gasteiger partial charge on any atom is -0.475 e. The van der Waals surface area contributed by atoms with Crippen LogP contribution < -0.4 is 0 Å². The first-order valence-corrected chi connectivity index (χ1v) is 7.55. The van der Waals surface area contributed by atoms with Crippen LogP contribution in [0.25, 0.3) is 0 Å². The van der Waals surface area contributed by atoms with Gasteiger partial charge in [-0.15, -0.1) is 0 Å². The van der Waals surface area contributed by atoms with Crippen molar-refractivity contribution >= 4 is 5.97 Å². The third-order valence-electron chi connectivity index (χ3n) is 4.54. The lowest BCUT2D eigenvalue weighted by Gasteiger charge is -2.36. The fourth-order valence-electron chi connectivity index (χ4n) is 3.16. The summed E-state index contributed by atoms with van der Waals surface area (Å²) in [5, 5.41) is 9.12. The van der Waals surface area contributed by atoms with E-state index in [0.29, 0.717) is 23.4 Å². The molecule has 1 saturated carbocycles. The van der Waals surface area contributed by atoms with Crippen molar-refractivity contribution in [3.8, 4) is 0 Å². The molecule has 4 heteroatoms. The van der Waals surface area contributed by atoms with Gasteiger partial charge in [-0.1, -0.05) is 27.7 Å². The normalized spacial score (nSPS) is 23.8. The number of nitrogens with zero attached hydrogens (tertiary/aromatic N) is 1. The summed E-state index contributed by atoms with van der Waals surface area (Å²) < 4.78 is 5.52. The number of aryl methyl sites for hydroxylation is 1. The number of oxazole rings is 1. The first-order valence-electron chi connectivity index (χ1n) is 7.55. The molecule has 4 nitrogen and oxygen atoms in total. The van der Waals surface area contributed by atoms with E-state index in [2.05, 4.69) is 25.8 Å². The zero-order valence-electron chi connectivity index (χ0n) is 12.9. The summed E-state index contributed by atoms with van der Waals surface area (Å²) in [6.45, 7) is 8.78. The second-order valence-corrected chi connectivity index (χ2v) is 6.90. The SMILES string of the molecule is CCc1nc(C2CCC(C(C)(C)C)CC2)oc1C(=O)O. The number of hydrogen-bond acceptors (Lipinski definition) is 3. The van der Waals surface area contributed by atoms with Gasteiger partial charge in [0, 0.05) is 5.92 Å². The standard InChI is InChI=1S/C16H25NO3/c1-5-12-13(15(18)19)20-14(17-12)10-6-8-11(9-7-10)16(2,3)4/h10-11H,5-9H2,1-4H3,(H,18,19). The molecule has 0 saturated heterocycles. The molecule has 20 heavy (non-hydrogen) atoms. The summed E-state index contributed by atoms with van der Waals surface area (Å²) in [7, 11) is 0. The van der Waals surface area contributed by atoms with Crippen LogP contribution in [0.2, 0.25) is 0 Å². The molecule has 1 fully saturated rings. The van der Waals surface area contributed by atoms with E-state index in [1.54, 1.807) is 0 Å². The Morgan fingerprint density at radius 1 is 1.30 bits per heavy atom. The topological polar surface area (TPSA) is 63.3 Å². The van der Waals surface area contributed by atoms with E-state index in [-0.39, 0.29) is 11.7 Å². The summed E-state index contributed by atoms with van der Waals surface area (Å²) in [5.74, 6) is 0.668. The smallest absolute Gasteiger partial charge is 0.373 e. The minimum absolute atomic E-state index is 0.0282. The van der Waals surface area contributed by atoms with Gasteiger partial charge in [-0.05, 0) is 43.4 Å². The van der Waals surface area contributed by atoms with Gasteiger partial charge in [-0.25, -0.2) is 9.78 Å². The van der Waals surface area contributed by atoms with Crippen LogP contribution in [0.3, 0.4) is 0 Å². The molecule has 1 aliphatic rings. The monoisotopic (exact) mass is 279 g/mol. The number of aromatic carboxylic acids is 1. The van der Waals surface area contributed by atoms with Crippen LogP contribution in [-0.2, 0) is 6.42 Å². The lowest BCUT2D eigenvalue weighted by Crippen LogP contribution is -2.25. The Bertz CT molecular complexity index is 476. The fourth-order valence-corrected chi connectivity index (χ4v) is 3.16. The Kier molecular flexibility index (Phi) is 4.21. The van der Waals surface area contributed by atoms with Gasteiger partial charge in [0.15, 0.2) is 5.89 Å². The van der Waals surface area contributed by atoms with Crippen LogP contribution in [0, 0.1) is 11.3 Å². The second kappa shape index (κ2) is 5.58. The van der Waals surface area contributed by atoms with E-state index < -0.39 is 5.97 Å². The molecule has 112 valence electrons. The molecular weight excluding hydrogens is 254 g/mol. The van der Waals surface area contributed by atoms with Crippen LogP contribution in [0.15, 0.2) is 4.42 Å². The molecule has 1 aliphatic carbocycles. The van der Waals surface area contributed by atoms with E-state index in [0.717, 1.165) is 18.8 Å². The number of rotatable bonds is 3. The Labute approximate surface area is 120 Å². The number of hydrogen-bond donors (Lipinski definition) is 1. The molecule has 1 aromatic heterocycles. The summed E-state index contributed by atoms with van der Waals surface area (Å²) in [6, 6.07) is 0. The number of carboxylic acid groups (broad SMARTS) is 1. The molecule has 1 aromatic rings. The van der Waals surface area contributed by atoms with Crippen LogP contribution >= 0.6 is 0 Å². The summed E-state index contributed by atoms with van der Waals surface area (Å²) >= 11 is 0. The highest BCUT2D eigenvalue weighted by Crippen LogP contribution is 2.43. The minimum atomic E-state index is -1.01. The average molecular weight is 279 g/mol. The van der Waals surface area contributed by atoms with Crippen molar-refractivity contribution in [1.82, 2.24) is 4.98 Å². The van der Waals surface area contributed by atoms with Gasteiger partial charge < -0.3 is 9.52 Å².